The number of nitrogens with one attached hydrogen (secondary N) is 2. The molecule has 96 valence electrons. The van der Waals surface area contributed by atoms with Gasteiger partial charge >= 0.3 is 0 Å². The van der Waals surface area contributed by atoms with E-state index in [4.69, 9.17) is 0 Å². The number of halogens is 1. The standard InChI is InChI=1S/C11H24N4.HI/c1-9(2)14-11(12-3)13-8-10-6-5-7-15(10)4;/h9-10H,5-8H2,1-4H3,(H2,12,13,14);1H. The highest BCUT2D eigenvalue weighted by Gasteiger charge is 2.20. The molecule has 0 amide bonds. The second-order valence-electron chi connectivity index (χ2n) is 4.53. The molecule has 1 fully saturated rings. The second-order valence-corrected chi connectivity index (χ2v) is 4.53. The maximum atomic E-state index is 4.19. The molecule has 5 heteroatoms. The summed E-state index contributed by atoms with van der Waals surface area (Å²) in [6.45, 7) is 6.45. The Bertz CT molecular complexity index is 218. The molecule has 0 aliphatic carbocycles. The number of rotatable bonds is 3. The van der Waals surface area contributed by atoms with E-state index in [-0.39, 0.29) is 24.0 Å². The van der Waals surface area contributed by atoms with Crippen molar-refractivity contribution in [2.75, 3.05) is 27.2 Å². The molecule has 0 aromatic rings. The summed E-state index contributed by atoms with van der Waals surface area (Å²) in [5.41, 5.74) is 0. The normalized spacial score (nSPS) is 22.1. The lowest BCUT2D eigenvalue weighted by Gasteiger charge is -2.22. The molecule has 0 radical (unpaired) electrons. The zero-order valence-corrected chi connectivity index (χ0v) is 13.1. The predicted molar refractivity (Wildman–Crippen MR) is 80.7 cm³/mol. The summed E-state index contributed by atoms with van der Waals surface area (Å²) >= 11 is 0. The molecule has 0 bridgehead atoms. The van der Waals surface area contributed by atoms with Gasteiger partial charge in [-0.3, -0.25) is 4.99 Å². The quantitative estimate of drug-likeness (QED) is 0.462. The fourth-order valence-corrected chi connectivity index (χ4v) is 1.92. The SMILES string of the molecule is CN=C(NCC1CCCN1C)NC(C)C.I. The van der Waals surface area contributed by atoms with Crippen LogP contribution in [0.25, 0.3) is 0 Å². The number of likely N-dealkylation sites (N-methyl/N-ethyl adjacent to an activating group) is 1. The van der Waals surface area contributed by atoms with Gasteiger partial charge in [-0.05, 0) is 40.3 Å². The second kappa shape index (κ2) is 8.11. The Morgan fingerprint density at radius 1 is 1.50 bits per heavy atom. The largest absolute Gasteiger partial charge is 0.355 e. The van der Waals surface area contributed by atoms with E-state index in [2.05, 4.69) is 41.4 Å². The van der Waals surface area contributed by atoms with Gasteiger partial charge in [0.15, 0.2) is 5.96 Å². The smallest absolute Gasteiger partial charge is 0.191 e. The molecule has 0 aromatic heterocycles. The summed E-state index contributed by atoms with van der Waals surface area (Å²) in [5.74, 6) is 0.908. The highest BCUT2D eigenvalue weighted by Crippen LogP contribution is 2.13. The van der Waals surface area contributed by atoms with Crippen molar-refractivity contribution >= 4 is 29.9 Å². The Hall–Kier alpha value is -0.0400. The van der Waals surface area contributed by atoms with E-state index in [1.165, 1.54) is 19.4 Å². The van der Waals surface area contributed by atoms with Gasteiger partial charge in [-0.2, -0.15) is 0 Å². The molecule has 2 N–H and O–H groups in total. The predicted octanol–water partition coefficient (Wildman–Crippen LogP) is 1.27. The maximum absolute atomic E-state index is 4.19. The van der Waals surface area contributed by atoms with Crippen LogP contribution in [-0.2, 0) is 0 Å². The minimum absolute atomic E-state index is 0. The van der Waals surface area contributed by atoms with E-state index in [1.54, 1.807) is 0 Å². The van der Waals surface area contributed by atoms with Gasteiger partial charge in [-0.25, -0.2) is 0 Å². The van der Waals surface area contributed by atoms with Gasteiger partial charge in [0.2, 0.25) is 0 Å². The fraction of sp³-hybridized carbons (Fsp3) is 0.909. The first-order chi connectivity index (χ1) is 7.13. The number of guanidine groups is 1. The molecule has 0 spiro atoms. The Morgan fingerprint density at radius 3 is 2.62 bits per heavy atom. The Morgan fingerprint density at radius 2 is 2.19 bits per heavy atom. The Balaban J connectivity index is 0.00000225. The van der Waals surface area contributed by atoms with Crippen LogP contribution in [0.2, 0.25) is 0 Å². The van der Waals surface area contributed by atoms with Crippen LogP contribution in [0.15, 0.2) is 4.99 Å². The molecule has 0 saturated carbocycles. The number of hydrogen-bond donors (Lipinski definition) is 2. The average Bonchev–Trinajstić information content (AvgIpc) is 2.58. The van der Waals surface area contributed by atoms with E-state index in [1.807, 2.05) is 7.05 Å². The molecule has 1 heterocycles. The zero-order valence-electron chi connectivity index (χ0n) is 10.8. The first-order valence-electron chi connectivity index (χ1n) is 5.81. The van der Waals surface area contributed by atoms with Crippen LogP contribution in [0.3, 0.4) is 0 Å². The van der Waals surface area contributed by atoms with Crippen molar-refractivity contribution < 1.29 is 0 Å². The van der Waals surface area contributed by atoms with E-state index in [0.717, 1.165) is 12.5 Å². The molecule has 1 atom stereocenters. The summed E-state index contributed by atoms with van der Waals surface area (Å²) in [5, 5.41) is 6.66. The minimum atomic E-state index is 0. The van der Waals surface area contributed by atoms with Crippen LogP contribution in [0, 0.1) is 0 Å². The lowest BCUT2D eigenvalue weighted by atomic mass is 10.2. The molecule has 1 aliphatic rings. The lowest BCUT2D eigenvalue weighted by Crippen LogP contribution is -2.45. The Labute approximate surface area is 116 Å². The average molecular weight is 340 g/mol. The van der Waals surface area contributed by atoms with Crippen LogP contribution in [0.4, 0.5) is 0 Å². The van der Waals surface area contributed by atoms with Crippen molar-refractivity contribution in [3.05, 3.63) is 0 Å². The summed E-state index contributed by atoms with van der Waals surface area (Å²) in [6.07, 6.45) is 2.61. The van der Waals surface area contributed by atoms with E-state index < -0.39 is 0 Å². The van der Waals surface area contributed by atoms with Crippen molar-refractivity contribution in [1.29, 1.82) is 0 Å². The number of aliphatic imine (C=N–C) groups is 1. The third-order valence-electron chi connectivity index (χ3n) is 2.83. The molecule has 1 aliphatic heterocycles. The first-order valence-corrected chi connectivity index (χ1v) is 5.81. The van der Waals surface area contributed by atoms with Crippen molar-refractivity contribution in [1.82, 2.24) is 15.5 Å². The van der Waals surface area contributed by atoms with Gasteiger partial charge in [0.25, 0.3) is 0 Å². The summed E-state index contributed by atoms with van der Waals surface area (Å²) < 4.78 is 0. The van der Waals surface area contributed by atoms with Gasteiger partial charge < -0.3 is 15.5 Å². The molecular formula is C11H25IN4. The molecule has 4 nitrogen and oxygen atoms in total. The summed E-state index contributed by atoms with van der Waals surface area (Å²) in [7, 11) is 4.01. The van der Waals surface area contributed by atoms with Crippen LogP contribution in [0.1, 0.15) is 26.7 Å². The van der Waals surface area contributed by atoms with Gasteiger partial charge in [0, 0.05) is 25.7 Å². The van der Waals surface area contributed by atoms with Crippen LogP contribution in [0.5, 0.6) is 0 Å². The molecule has 1 unspecified atom stereocenters. The number of hydrogen-bond acceptors (Lipinski definition) is 2. The topological polar surface area (TPSA) is 39.7 Å². The maximum Gasteiger partial charge on any atom is 0.191 e. The minimum Gasteiger partial charge on any atom is -0.355 e. The van der Waals surface area contributed by atoms with E-state index in [9.17, 15) is 0 Å². The molecule has 16 heavy (non-hydrogen) atoms. The fourth-order valence-electron chi connectivity index (χ4n) is 1.92. The van der Waals surface area contributed by atoms with Gasteiger partial charge in [-0.1, -0.05) is 0 Å². The van der Waals surface area contributed by atoms with Gasteiger partial charge in [-0.15, -0.1) is 24.0 Å². The zero-order chi connectivity index (χ0) is 11.3. The van der Waals surface area contributed by atoms with Crippen LogP contribution < -0.4 is 10.6 Å². The number of likely N-dealkylation sites (tertiary alicyclic amines) is 1. The highest BCUT2D eigenvalue weighted by atomic mass is 127. The van der Waals surface area contributed by atoms with Gasteiger partial charge in [0.1, 0.15) is 0 Å². The summed E-state index contributed by atoms with van der Waals surface area (Å²) in [6, 6.07) is 1.09. The van der Waals surface area contributed by atoms with Gasteiger partial charge in [0.05, 0.1) is 0 Å². The highest BCUT2D eigenvalue weighted by molar-refractivity contribution is 14.0. The lowest BCUT2D eigenvalue weighted by molar-refractivity contribution is 0.309. The first kappa shape index (κ1) is 16.0. The summed E-state index contributed by atoms with van der Waals surface area (Å²) in [4.78, 5) is 6.60. The number of nitrogens with zero attached hydrogens (tertiary/aromatic N) is 2. The third-order valence-corrected chi connectivity index (χ3v) is 2.83. The van der Waals surface area contributed by atoms with Crippen molar-refractivity contribution in [3.8, 4) is 0 Å². The molecular weight excluding hydrogens is 315 g/mol. The molecule has 0 aromatic carbocycles. The third kappa shape index (κ3) is 5.34. The van der Waals surface area contributed by atoms with Crippen molar-refractivity contribution in [2.24, 2.45) is 4.99 Å². The van der Waals surface area contributed by atoms with Crippen LogP contribution >= 0.6 is 24.0 Å². The van der Waals surface area contributed by atoms with Crippen LogP contribution in [-0.4, -0.2) is 50.1 Å². The Kier molecular flexibility index (Phi) is 8.09. The van der Waals surface area contributed by atoms with E-state index in [0.29, 0.717) is 12.1 Å². The van der Waals surface area contributed by atoms with E-state index >= 15 is 0 Å². The van der Waals surface area contributed by atoms with Crippen molar-refractivity contribution in [2.45, 2.75) is 38.8 Å². The molecule has 1 saturated heterocycles. The monoisotopic (exact) mass is 340 g/mol. The molecule has 1 rings (SSSR count). The van der Waals surface area contributed by atoms with Crippen molar-refractivity contribution in [3.63, 3.8) is 0 Å².